The minimum absolute atomic E-state index is 0. The summed E-state index contributed by atoms with van der Waals surface area (Å²) in [6.45, 7) is 0. The molecule has 4 heterocycles. The topological polar surface area (TPSA) is 172 Å². The smallest absolute Gasteiger partial charge is 0.545 e. The van der Waals surface area contributed by atoms with Gasteiger partial charge in [0.2, 0.25) is 0 Å². The summed E-state index contributed by atoms with van der Waals surface area (Å²) in [5, 5.41) is 30.3. The maximum absolute atomic E-state index is 10.1. The van der Waals surface area contributed by atoms with Gasteiger partial charge in [-0.1, -0.05) is 115 Å². The van der Waals surface area contributed by atoms with Crippen molar-refractivity contribution in [3.8, 4) is 22.8 Å². The van der Waals surface area contributed by atoms with Crippen LogP contribution in [0.5, 0.6) is 0 Å². The van der Waals surface area contributed by atoms with Crippen LogP contribution >= 0.6 is 0 Å². The van der Waals surface area contributed by atoms with Crippen LogP contribution in [0.1, 0.15) is 31.1 Å². The third kappa shape index (κ3) is 16.6. The van der Waals surface area contributed by atoms with Crippen molar-refractivity contribution in [2.45, 2.75) is 0 Å². The molecule has 0 bridgehead atoms. The SMILES string of the molecule is O=C([O-])c1ccccc1.O=C([O-])c1ccccc1.O=C([O-])c1ccccc1.[Tb+3].c1ccc(-c2ccccn2)nc1.c1ccc(-c2ccccn2)nc1. The van der Waals surface area contributed by atoms with Crippen molar-refractivity contribution in [1.82, 2.24) is 19.9 Å². The minimum Gasteiger partial charge on any atom is -0.545 e. The fourth-order valence-electron chi connectivity index (χ4n) is 3.78. The van der Waals surface area contributed by atoms with Gasteiger partial charge in [-0.25, -0.2) is 0 Å². The van der Waals surface area contributed by atoms with Crippen LogP contribution in [-0.4, -0.2) is 37.8 Å². The van der Waals surface area contributed by atoms with Crippen LogP contribution in [-0.2, 0) is 0 Å². The summed E-state index contributed by atoms with van der Waals surface area (Å²) in [6, 6.07) is 47.4. The summed E-state index contributed by atoms with van der Waals surface area (Å²) in [6.07, 6.45) is 7.07. The molecule has 4 aromatic heterocycles. The molecule has 0 N–H and O–H groups in total. The van der Waals surface area contributed by atoms with Crippen LogP contribution in [0.2, 0.25) is 0 Å². The van der Waals surface area contributed by atoms with Gasteiger partial charge in [-0.05, 0) is 65.2 Å². The molecule has 10 nitrogen and oxygen atoms in total. The predicted molar refractivity (Wildman–Crippen MR) is 187 cm³/mol. The molecule has 0 aliphatic heterocycles. The van der Waals surface area contributed by atoms with Crippen molar-refractivity contribution in [3.63, 3.8) is 0 Å². The summed E-state index contributed by atoms with van der Waals surface area (Å²) in [5.41, 5.74) is 4.32. The predicted octanol–water partition coefficient (Wildman–Crippen LogP) is 4.44. The van der Waals surface area contributed by atoms with E-state index in [0.717, 1.165) is 22.8 Å². The van der Waals surface area contributed by atoms with E-state index in [2.05, 4.69) is 19.9 Å². The Labute approximate surface area is 332 Å². The van der Waals surface area contributed by atoms with Gasteiger partial charge in [0.1, 0.15) is 0 Å². The minimum atomic E-state index is -1.13. The number of aromatic carboxylic acids is 3. The Balaban J connectivity index is 0.000000226. The molecular formula is C41H31N4O6Tb. The normalized spacial score (nSPS) is 9.08. The molecule has 11 heteroatoms. The van der Waals surface area contributed by atoms with E-state index in [9.17, 15) is 29.7 Å². The van der Waals surface area contributed by atoms with Gasteiger partial charge in [0.15, 0.2) is 0 Å². The third-order valence-electron chi connectivity index (χ3n) is 6.21. The second-order valence-corrected chi connectivity index (χ2v) is 9.82. The molecular weight excluding hydrogens is 803 g/mol. The van der Waals surface area contributed by atoms with E-state index in [0.29, 0.717) is 0 Å². The second-order valence-electron chi connectivity index (χ2n) is 9.82. The fraction of sp³-hybridized carbons (Fsp3) is 0. The van der Waals surface area contributed by atoms with Crippen LogP contribution < -0.4 is 15.3 Å². The number of hydrogen-bond acceptors (Lipinski definition) is 10. The molecule has 0 saturated heterocycles. The zero-order chi connectivity index (χ0) is 36.5. The molecule has 3 aromatic carbocycles. The number of rotatable bonds is 5. The van der Waals surface area contributed by atoms with Crippen molar-refractivity contribution in [2.24, 2.45) is 0 Å². The molecule has 7 aromatic rings. The first-order valence-corrected chi connectivity index (χ1v) is 15.3. The number of pyridine rings is 4. The van der Waals surface area contributed by atoms with Crippen LogP contribution in [0.3, 0.4) is 0 Å². The fourth-order valence-corrected chi connectivity index (χ4v) is 3.78. The molecule has 260 valence electrons. The van der Waals surface area contributed by atoms with Crippen molar-refractivity contribution in [1.29, 1.82) is 0 Å². The van der Waals surface area contributed by atoms with E-state index in [1.165, 1.54) is 36.4 Å². The summed E-state index contributed by atoms with van der Waals surface area (Å²) in [5.74, 6) is -3.39. The quantitative estimate of drug-likeness (QED) is 0.242. The maximum Gasteiger partial charge on any atom is 3.00 e. The molecule has 7 rings (SSSR count). The van der Waals surface area contributed by atoms with Gasteiger partial charge in [-0.3, -0.25) is 19.9 Å². The first-order chi connectivity index (χ1) is 24.8. The van der Waals surface area contributed by atoms with Crippen molar-refractivity contribution in [3.05, 3.63) is 205 Å². The number of carboxylic acid groups (broad SMARTS) is 3. The Morgan fingerprint density at radius 2 is 0.500 bits per heavy atom. The Kier molecular flexibility index (Phi) is 20.2. The Hall–Kier alpha value is -6.04. The summed E-state index contributed by atoms with van der Waals surface area (Å²) in [4.78, 5) is 47.0. The molecule has 0 fully saturated rings. The molecule has 0 saturated carbocycles. The summed E-state index contributed by atoms with van der Waals surface area (Å²) >= 11 is 0. The number of carbonyl (C=O) groups excluding carboxylic acids is 3. The number of benzene rings is 3. The average molecular weight is 835 g/mol. The van der Waals surface area contributed by atoms with Crippen molar-refractivity contribution in [2.75, 3.05) is 0 Å². The zero-order valence-electron chi connectivity index (χ0n) is 27.5. The van der Waals surface area contributed by atoms with Gasteiger partial charge in [0.25, 0.3) is 0 Å². The average Bonchev–Trinajstić information content (AvgIpc) is 3.21. The monoisotopic (exact) mass is 834 g/mol. The van der Waals surface area contributed by atoms with E-state index in [-0.39, 0.29) is 55.3 Å². The summed E-state index contributed by atoms with van der Waals surface area (Å²) < 4.78 is 0. The van der Waals surface area contributed by atoms with Gasteiger partial charge in [0.05, 0.1) is 40.7 Å². The van der Waals surface area contributed by atoms with E-state index >= 15 is 0 Å². The first kappa shape index (κ1) is 42.1. The second kappa shape index (κ2) is 25.0. The number of aromatic nitrogens is 4. The molecule has 0 aliphatic rings. The molecule has 0 unspecified atom stereocenters. The van der Waals surface area contributed by atoms with Gasteiger partial charge in [-0.2, -0.15) is 0 Å². The van der Waals surface area contributed by atoms with E-state index in [1.54, 1.807) is 79.4 Å². The largest absolute Gasteiger partial charge is 3.00 e. The number of carbonyl (C=O) groups is 3. The van der Waals surface area contributed by atoms with Crippen LogP contribution in [0, 0.1) is 38.6 Å². The molecule has 0 radical (unpaired) electrons. The summed E-state index contributed by atoms with van der Waals surface area (Å²) in [7, 11) is 0. The molecule has 52 heavy (non-hydrogen) atoms. The molecule has 0 atom stereocenters. The third-order valence-corrected chi connectivity index (χ3v) is 6.21. The van der Waals surface area contributed by atoms with Gasteiger partial charge >= 0.3 is 38.6 Å². The Bertz CT molecular complexity index is 1730. The van der Waals surface area contributed by atoms with Gasteiger partial charge < -0.3 is 29.7 Å². The van der Waals surface area contributed by atoms with Crippen LogP contribution in [0.15, 0.2) is 189 Å². The molecule has 0 spiro atoms. The van der Waals surface area contributed by atoms with Crippen LogP contribution in [0.25, 0.3) is 22.8 Å². The molecule has 0 amide bonds. The number of carboxylic acids is 3. The molecule has 0 aliphatic carbocycles. The van der Waals surface area contributed by atoms with Gasteiger partial charge in [0, 0.05) is 24.8 Å². The van der Waals surface area contributed by atoms with E-state index in [1.807, 2.05) is 72.8 Å². The van der Waals surface area contributed by atoms with Crippen molar-refractivity contribution >= 4 is 17.9 Å². The van der Waals surface area contributed by atoms with Gasteiger partial charge in [-0.15, -0.1) is 0 Å². The van der Waals surface area contributed by atoms with E-state index < -0.39 is 17.9 Å². The van der Waals surface area contributed by atoms with Crippen LogP contribution in [0.4, 0.5) is 0 Å². The zero-order valence-corrected chi connectivity index (χ0v) is 29.6. The Morgan fingerprint density at radius 3 is 0.635 bits per heavy atom. The first-order valence-electron chi connectivity index (χ1n) is 15.3. The standard InChI is InChI=1S/2C10H8N2.3C7H6O2.Tb/c2*1-3-7-11-9(5-1)10-6-2-4-8-12-10;3*8-7(9)6-4-2-1-3-5-6;/h2*1-8H;3*1-5H,(H,8,9);/q;;;;;+3/p-3. The Morgan fingerprint density at radius 1 is 0.308 bits per heavy atom. The number of nitrogens with zero attached hydrogens (tertiary/aromatic N) is 4. The number of hydrogen-bond donors (Lipinski definition) is 0. The maximum atomic E-state index is 10.1. The van der Waals surface area contributed by atoms with Crippen molar-refractivity contribution < 1.29 is 68.3 Å². The van der Waals surface area contributed by atoms with E-state index in [4.69, 9.17) is 0 Å².